The molecule has 0 aliphatic carbocycles. The van der Waals surface area contributed by atoms with Crippen molar-refractivity contribution in [2.75, 3.05) is 7.11 Å². The third-order valence-corrected chi connectivity index (χ3v) is 3.07. The second-order valence-corrected chi connectivity index (χ2v) is 4.42. The Kier molecular flexibility index (Phi) is 3.53. The first-order valence-electron chi connectivity index (χ1n) is 6.41. The van der Waals surface area contributed by atoms with Gasteiger partial charge in [0, 0.05) is 17.7 Å². The van der Waals surface area contributed by atoms with Crippen LogP contribution in [-0.2, 0) is 0 Å². The summed E-state index contributed by atoms with van der Waals surface area (Å²) in [6, 6.07) is 13.3. The first-order valence-corrected chi connectivity index (χ1v) is 6.41. The largest absolute Gasteiger partial charge is 0.496 e. The summed E-state index contributed by atoms with van der Waals surface area (Å²) < 4.78 is 10.9. The monoisotopic (exact) mass is 297 g/mol. The first kappa shape index (κ1) is 13.7. The number of aromatic nitrogens is 2. The maximum atomic E-state index is 10.8. The Morgan fingerprint density at radius 1 is 1.09 bits per heavy atom. The SMILES string of the molecule is COc1ccccc1-c1nnc(-c2cccc([N+](=O)[O-])c2)o1. The Morgan fingerprint density at radius 2 is 1.86 bits per heavy atom. The van der Waals surface area contributed by atoms with Crippen LogP contribution in [0.5, 0.6) is 5.75 Å². The van der Waals surface area contributed by atoms with Gasteiger partial charge in [-0.25, -0.2) is 0 Å². The summed E-state index contributed by atoms with van der Waals surface area (Å²) in [7, 11) is 1.55. The van der Waals surface area contributed by atoms with Crippen molar-refractivity contribution in [3.63, 3.8) is 0 Å². The predicted molar refractivity (Wildman–Crippen MR) is 78.4 cm³/mol. The molecule has 0 spiro atoms. The van der Waals surface area contributed by atoms with E-state index in [0.717, 1.165) is 0 Å². The van der Waals surface area contributed by atoms with Crippen molar-refractivity contribution in [2.24, 2.45) is 0 Å². The van der Waals surface area contributed by atoms with Gasteiger partial charge in [-0.2, -0.15) is 0 Å². The summed E-state index contributed by atoms with van der Waals surface area (Å²) >= 11 is 0. The molecule has 2 aromatic carbocycles. The number of nitrogens with zero attached hydrogens (tertiary/aromatic N) is 3. The number of hydrogen-bond acceptors (Lipinski definition) is 6. The molecule has 0 amide bonds. The molecule has 7 nitrogen and oxygen atoms in total. The zero-order valence-corrected chi connectivity index (χ0v) is 11.6. The van der Waals surface area contributed by atoms with Gasteiger partial charge in [0.25, 0.3) is 11.6 Å². The number of hydrogen-bond donors (Lipinski definition) is 0. The summed E-state index contributed by atoms with van der Waals surface area (Å²) in [4.78, 5) is 10.3. The first-order chi connectivity index (χ1) is 10.7. The van der Waals surface area contributed by atoms with E-state index in [1.165, 1.54) is 12.1 Å². The van der Waals surface area contributed by atoms with Crippen LogP contribution < -0.4 is 4.74 Å². The van der Waals surface area contributed by atoms with E-state index in [1.807, 2.05) is 12.1 Å². The average molecular weight is 297 g/mol. The molecular formula is C15H11N3O4. The number of ether oxygens (including phenoxy) is 1. The van der Waals surface area contributed by atoms with Crippen LogP contribution in [0.2, 0.25) is 0 Å². The highest BCUT2D eigenvalue weighted by Crippen LogP contribution is 2.31. The third-order valence-electron chi connectivity index (χ3n) is 3.07. The molecule has 1 heterocycles. The van der Waals surface area contributed by atoms with E-state index in [0.29, 0.717) is 22.8 Å². The molecule has 0 aliphatic heterocycles. The van der Waals surface area contributed by atoms with Crippen molar-refractivity contribution in [1.29, 1.82) is 0 Å². The molecule has 22 heavy (non-hydrogen) atoms. The third kappa shape index (κ3) is 2.51. The molecule has 1 aromatic heterocycles. The summed E-state index contributed by atoms with van der Waals surface area (Å²) in [6.45, 7) is 0. The van der Waals surface area contributed by atoms with E-state index < -0.39 is 4.92 Å². The van der Waals surface area contributed by atoms with Crippen LogP contribution in [0.1, 0.15) is 0 Å². The zero-order valence-electron chi connectivity index (χ0n) is 11.6. The van der Waals surface area contributed by atoms with Gasteiger partial charge in [-0.15, -0.1) is 10.2 Å². The highest BCUT2D eigenvalue weighted by molar-refractivity contribution is 5.64. The number of benzene rings is 2. The predicted octanol–water partition coefficient (Wildman–Crippen LogP) is 3.32. The van der Waals surface area contributed by atoms with E-state index in [-0.39, 0.29) is 11.6 Å². The van der Waals surface area contributed by atoms with Gasteiger partial charge in [-0.05, 0) is 18.2 Å². The van der Waals surface area contributed by atoms with Crippen LogP contribution in [0.25, 0.3) is 22.9 Å². The van der Waals surface area contributed by atoms with E-state index in [2.05, 4.69) is 10.2 Å². The topological polar surface area (TPSA) is 91.3 Å². The lowest BCUT2D eigenvalue weighted by Crippen LogP contribution is -1.88. The lowest BCUT2D eigenvalue weighted by molar-refractivity contribution is -0.384. The minimum atomic E-state index is -0.471. The quantitative estimate of drug-likeness (QED) is 0.542. The lowest BCUT2D eigenvalue weighted by atomic mass is 10.2. The van der Waals surface area contributed by atoms with E-state index in [4.69, 9.17) is 9.15 Å². The van der Waals surface area contributed by atoms with Crippen LogP contribution in [0, 0.1) is 10.1 Å². The molecule has 0 saturated carbocycles. The second-order valence-electron chi connectivity index (χ2n) is 4.42. The normalized spacial score (nSPS) is 10.4. The summed E-state index contributed by atoms with van der Waals surface area (Å²) in [5.41, 5.74) is 1.12. The molecule has 0 aliphatic rings. The smallest absolute Gasteiger partial charge is 0.270 e. The fraction of sp³-hybridized carbons (Fsp3) is 0.0667. The molecule has 110 valence electrons. The van der Waals surface area contributed by atoms with Gasteiger partial charge in [0.15, 0.2) is 0 Å². The molecule has 7 heteroatoms. The second kappa shape index (κ2) is 5.65. The summed E-state index contributed by atoms with van der Waals surface area (Å²) in [6.07, 6.45) is 0. The zero-order chi connectivity index (χ0) is 15.5. The molecule has 0 saturated heterocycles. The number of rotatable bonds is 4. The minimum Gasteiger partial charge on any atom is -0.496 e. The van der Waals surface area contributed by atoms with Crippen molar-refractivity contribution < 1.29 is 14.1 Å². The van der Waals surface area contributed by atoms with Crippen LogP contribution >= 0.6 is 0 Å². The van der Waals surface area contributed by atoms with Crippen LogP contribution in [0.15, 0.2) is 52.9 Å². The van der Waals surface area contributed by atoms with Crippen molar-refractivity contribution in [1.82, 2.24) is 10.2 Å². The van der Waals surface area contributed by atoms with Crippen molar-refractivity contribution in [3.8, 4) is 28.7 Å². The van der Waals surface area contributed by atoms with Gasteiger partial charge in [-0.1, -0.05) is 18.2 Å². The number of nitro groups is 1. The Morgan fingerprint density at radius 3 is 2.64 bits per heavy atom. The highest BCUT2D eigenvalue weighted by Gasteiger charge is 2.15. The number of nitro benzene ring substituents is 1. The van der Waals surface area contributed by atoms with E-state index >= 15 is 0 Å². The van der Waals surface area contributed by atoms with Crippen molar-refractivity contribution in [2.45, 2.75) is 0 Å². The van der Waals surface area contributed by atoms with Gasteiger partial charge in [-0.3, -0.25) is 10.1 Å². The van der Waals surface area contributed by atoms with Crippen molar-refractivity contribution in [3.05, 3.63) is 58.6 Å². The average Bonchev–Trinajstić information content (AvgIpc) is 3.04. The van der Waals surface area contributed by atoms with Crippen molar-refractivity contribution >= 4 is 5.69 Å². The maximum absolute atomic E-state index is 10.8. The Balaban J connectivity index is 2.01. The molecule has 0 N–H and O–H groups in total. The Bertz CT molecular complexity index is 829. The Hall–Kier alpha value is -3.22. The van der Waals surface area contributed by atoms with E-state index in [1.54, 1.807) is 31.4 Å². The molecule has 0 bridgehead atoms. The van der Waals surface area contributed by atoms with E-state index in [9.17, 15) is 10.1 Å². The summed E-state index contributed by atoms with van der Waals surface area (Å²) in [5.74, 6) is 1.11. The van der Waals surface area contributed by atoms with Crippen LogP contribution in [-0.4, -0.2) is 22.2 Å². The number of methoxy groups -OCH3 is 1. The van der Waals surface area contributed by atoms with Gasteiger partial charge in [0.1, 0.15) is 5.75 Å². The molecule has 0 fully saturated rings. The molecule has 0 radical (unpaired) electrons. The lowest BCUT2D eigenvalue weighted by Gasteiger charge is -2.03. The molecule has 0 atom stereocenters. The maximum Gasteiger partial charge on any atom is 0.270 e. The fourth-order valence-corrected chi connectivity index (χ4v) is 2.02. The van der Waals surface area contributed by atoms with Gasteiger partial charge in [0.05, 0.1) is 17.6 Å². The number of para-hydroxylation sites is 1. The van der Waals surface area contributed by atoms with Gasteiger partial charge < -0.3 is 9.15 Å². The molecule has 3 rings (SSSR count). The van der Waals surface area contributed by atoms with Crippen LogP contribution in [0.4, 0.5) is 5.69 Å². The number of non-ortho nitro benzene ring substituents is 1. The fourth-order valence-electron chi connectivity index (χ4n) is 2.02. The molecular weight excluding hydrogens is 286 g/mol. The molecule has 3 aromatic rings. The summed E-state index contributed by atoms with van der Waals surface area (Å²) in [5, 5.41) is 18.7. The Labute approximate surface area is 125 Å². The molecule has 0 unspecified atom stereocenters. The highest BCUT2D eigenvalue weighted by atomic mass is 16.6. The standard InChI is InChI=1S/C15H11N3O4/c1-21-13-8-3-2-7-12(13)15-17-16-14(22-15)10-5-4-6-11(9-10)18(19)20/h2-9H,1H3. The minimum absolute atomic E-state index is 0.0328. The van der Waals surface area contributed by atoms with Gasteiger partial charge in [0.2, 0.25) is 5.89 Å². The van der Waals surface area contributed by atoms with Crippen LogP contribution in [0.3, 0.4) is 0 Å². The van der Waals surface area contributed by atoms with Gasteiger partial charge >= 0.3 is 0 Å².